The van der Waals surface area contributed by atoms with E-state index < -0.39 is 11.7 Å². The first-order valence-corrected chi connectivity index (χ1v) is 8.52. The van der Waals surface area contributed by atoms with Gasteiger partial charge in [-0.2, -0.15) is 13.2 Å². The topological polar surface area (TPSA) is 0 Å². The number of hydrogen-bond acceptors (Lipinski definition) is 0. The van der Waals surface area contributed by atoms with Gasteiger partial charge in [0, 0.05) is 0 Å². The smallest absolute Gasteiger partial charge is 0.166 e. The summed E-state index contributed by atoms with van der Waals surface area (Å²) < 4.78 is 41.4. The maximum atomic E-state index is 13.8. The highest BCUT2D eigenvalue weighted by Crippen LogP contribution is 2.40. The lowest BCUT2D eigenvalue weighted by molar-refractivity contribution is -0.137. The van der Waals surface area contributed by atoms with Crippen LogP contribution in [0.1, 0.15) is 27.8 Å². The third-order valence-electron chi connectivity index (χ3n) is 4.41. The minimum absolute atomic E-state index is 0.220. The molecule has 0 atom stereocenters. The molecule has 0 amide bonds. The van der Waals surface area contributed by atoms with Crippen molar-refractivity contribution in [2.75, 3.05) is 0 Å². The maximum Gasteiger partial charge on any atom is 0.417 e. The minimum atomic E-state index is -4.41. The van der Waals surface area contributed by atoms with Crippen LogP contribution in [0.15, 0.2) is 54.6 Å². The summed E-state index contributed by atoms with van der Waals surface area (Å²) in [4.78, 5) is 0. The molecule has 0 saturated carbocycles. The van der Waals surface area contributed by atoms with E-state index in [1.807, 2.05) is 52.0 Å². The lowest BCUT2D eigenvalue weighted by atomic mass is 9.92. The predicted molar refractivity (Wildman–Crippen MR) is 101 cm³/mol. The van der Waals surface area contributed by atoms with E-state index in [0.29, 0.717) is 11.1 Å². The van der Waals surface area contributed by atoms with Gasteiger partial charge < -0.3 is 0 Å². The second-order valence-corrected chi connectivity index (χ2v) is 7.01. The monoisotopic (exact) mass is 354 g/mol. The molecule has 3 heteroatoms. The van der Waals surface area contributed by atoms with Crippen LogP contribution in [0.5, 0.6) is 0 Å². The third kappa shape index (κ3) is 3.82. The summed E-state index contributed by atoms with van der Waals surface area (Å²) in [5.41, 5.74) is 5.58. The molecule has 0 saturated heterocycles. The molecule has 3 aromatic carbocycles. The molecule has 0 radical (unpaired) electrons. The number of rotatable bonds is 2. The molecule has 0 aliphatic heterocycles. The van der Waals surface area contributed by atoms with Crippen LogP contribution in [0.25, 0.3) is 22.3 Å². The zero-order chi connectivity index (χ0) is 19.1. The second kappa shape index (κ2) is 6.64. The van der Waals surface area contributed by atoms with E-state index in [4.69, 9.17) is 0 Å². The van der Waals surface area contributed by atoms with Crippen molar-refractivity contribution in [3.63, 3.8) is 0 Å². The summed E-state index contributed by atoms with van der Waals surface area (Å²) >= 11 is 0. The Labute approximate surface area is 152 Å². The Bertz CT molecular complexity index is 925. The molecule has 0 fully saturated rings. The van der Waals surface area contributed by atoms with Crippen molar-refractivity contribution in [1.82, 2.24) is 0 Å². The van der Waals surface area contributed by atoms with Gasteiger partial charge in [0.15, 0.2) is 0 Å². The fourth-order valence-electron chi connectivity index (χ4n) is 3.48. The summed E-state index contributed by atoms with van der Waals surface area (Å²) in [5, 5.41) is 0. The van der Waals surface area contributed by atoms with Gasteiger partial charge in [-0.3, -0.25) is 0 Å². The van der Waals surface area contributed by atoms with E-state index in [9.17, 15) is 13.2 Å². The Hall–Kier alpha value is -2.55. The fourth-order valence-corrected chi connectivity index (χ4v) is 3.48. The zero-order valence-electron chi connectivity index (χ0n) is 15.3. The molecule has 0 unspecified atom stereocenters. The summed E-state index contributed by atoms with van der Waals surface area (Å²) in [7, 11) is 0. The third-order valence-corrected chi connectivity index (χ3v) is 4.41. The van der Waals surface area contributed by atoms with Crippen LogP contribution in [-0.2, 0) is 6.18 Å². The molecule has 0 aliphatic carbocycles. The molecule has 0 aliphatic rings. The van der Waals surface area contributed by atoms with E-state index in [-0.39, 0.29) is 5.56 Å². The van der Waals surface area contributed by atoms with Gasteiger partial charge in [-0.05, 0) is 56.0 Å². The van der Waals surface area contributed by atoms with Crippen molar-refractivity contribution < 1.29 is 13.2 Å². The van der Waals surface area contributed by atoms with E-state index in [1.54, 1.807) is 24.3 Å². The molecule has 0 bridgehead atoms. The van der Waals surface area contributed by atoms with E-state index in [2.05, 4.69) is 0 Å². The van der Waals surface area contributed by atoms with E-state index in [1.165, 1.54) is 6.07 Å². The average Bonchev–Trinajstić information content (AvgIpc) is 2.51. The normalized spacial score (nSPS) is 11.7. The first-order valence-electron chi connectivity index (χ1n) is 8.52. The maximum absolute atomic E-state index is 13.8. The quantitative estimate of drug-likeness (QED) is 0.454. The van der Waals surface area contributed by atoms with Gasteiger partial charge in [0.05, 0.1) is 5.56 Å². The van der Waals surface area contributed by atoms with Gasteiger partial charge in [0.25, 0.3) is 0 Å². The molecule has 0 aromatic heterocycles. The lowest BCUT2D eigenvalue weighted by Gasteiger charge is -2.16. The van der Waals surface area contributed by atoms with Crippen LogP contribution < -0.4 is 0 Å². The summed E-state index contributed by atoms with van der Waals surface area (Å²) in [6.45, 7) is 7.69. The summed E-state index contributed by atoms with van der Waals surface area (Å²) in [5.74, 6) is 0. The van der Waals surface area contributed by atoms with Crippen molar-refractivity contribution in [3.05, 3.63) is 82.4 Å². The molecule has 0 N–H and O–H groups in total. The van der Waals surface area contributed by atoms with Crippen LogP contribution in [0.2, 0.25) is 0 Å². The average molecular weight is 354 g/mol. The van der Waals surface area contributed by atoms with Crippen molar-refractivity contribution in [2.24, 2.45) is 0 Å². The first-order chi connectivity index (χ1) is 12.1. The molecule has 3 aromatic rings. The summed E-state index contributed by atoms with van der Waals surface area (Å²) in [6, 6.07) is 16.0. The van der Waals surface area contributed by atoms with Gasteiger partial charge in [-0.15, -0.1) is 0 Å². The Morgan fingerprint density at radius 2 is 1.00 bits per heavy atom. The molecule has 26 heavy (non-hydrogen) atoms. The Balaban J connectivity index is 2.21. The zero-order valence-corrected chi connectivity index (χ0v) is 15.3. The number of aryl methyl sites for hydroxylation is 4. The molecular weight excluding hydrogens is 333 g/mol. The molecule has 134 valence electrons. The SMILES string of the molecule is Cc1cc(C)cc(-c2ccc(-c3cc(C)cc(C)c3)c(C(F)(F)F)c2)c1. The fraction of sp³-hybridized carbons (Fsp3) is 0.217. The van der Waals surface area contributed by atoms with Crippen molar-refractivity contribution in [3.8, 4) is 22.3 Å². The molecule has 0 heterocycles. The molecule has 0 nitrogen and oxygen atoms in total. The van der Waals surface area contributed by atoms with E-state index in [0.717, 1.165) is 27.8 Å². The highest BCUT2D eigenvalue weighted by atomic mass is 19.4. The van der Waals surface area contributed by atoms with Crippen molar-refractivity contribution >= 4 is 0 Å². The minimum Gasteiger partial charge on any atom is -0.166 e. The van der Waals surface area contributed by atoms with Gasteiger partial charge in [-0.1, -0.05) is 70.8 Å². The second-order valence-electron chi connectivity index (χ2n) is 7.01. The standard InChI is InChI=1S/C23H21F3/c1-14-7-15(2)10-19(9-14)18-5-6-21(22(13-18)23(24,25)26)20-11-16(3)8-17(4)12-20/h5-13H,1-4H3. The Morgan fingerprint density at radius 1 is 0.538 bits per heavy atom. The van der Waals surface area contributed by atoms with Crippen molar-refractivity contribution in [1.29, 1.82) is 0 Å². The highest BCUT2D eigenvalue weighted by Gasteiger charge is 2.34. The molecule has 0 spiro atoms. The van der Waals surface area contributed by atoms with Crippen LogP contribution in [0, 0.1) is 27.7 Å². The van der Waals surface area contributed by atoms with Crippen LogP contribution >= 0.6 is 0 Å². The molecular formula is C23H21F3. The number of benzene rings is 3. The van der Waals surface area contributed by atoms with E-state index >= 15 is 0 Å². The predicted octanol–water partition coefficient (Wildman–Crippen LogP) is 7.27. The Morgan fingerprint density at radius 3 is 1.46 bits per heavy atom. The molecule has 3 rings (SSSR count). The van der Waals surface area contributed by atoms with Gasteiger partial charge in [0.2, 0.25) is 0 Å². The van der Waals surface area contributed by atoms with Crippen molar-refractivity contribution in [2.45, 2.75) is 33.9 Å². The van der Waals surface area contributed by atoms with Gasteiger partial charge in [0.1, 0.15) is 0 Å². The van der Waals surface area contributed by atoms with Crippen LogP contribution in [0.4, 0.5) is 13.2 Å². The summed E-state index contributed by atoms with van der Waals surface area (Å²) in [6.07, 6.45) is -4.41. The largest absolute Gasteiger partial charge is 0.417 e. The Kier molecular flexibility index (Phi) is 4.66. The highest BCUT2D eigenvalue weighted by molar-refractivity contribution is 5.75. The van der Waals surface area contributed by atoms with Gasteiger partial charge >= 0.3 is 6.18 Å². The number of hydrogen-bond donors (Lipinski definition) is 0. The number of halogens is 3. The van der Waals surface area contributed by atoms with Crippen LogP contribution in [0.3, 0.4) is 0 Å². The van der Waals surface area contributed by atoms with Crippen LogP contribution in [-0.4, -0.2) is 0 Å². The van der Waals surface area contributed by atoms with Gasteiger partial charge in [-0.25, -0.2) is 0 Å². The first kappa shape index (κ1) is 18.2. The lowest BCUT2D eigenvalue weighted by Crippen LogP contribution is -2.07. The number of alkyl halides is 3.